The summed E-state index contributed by atoms with van der Waals surface area (Å²) in [4.78, 5) is 34.2. The summed E-state index contributed by atoms with van der Waals surface area (Å²) in [6.07, 6.45) is 11.1. The third kappa shape index (κ3) is 11.9. The Balaban J connectivity index is 3.67. The molecule has 0 aliphatic carbocycles. The molecule has 0 aromatic rings. The molecule has 0 radical (unpaired) electrons. The molecular weight excluding hydrogens is 308 g/mol. The van der Waals surface area contributed by atoms with Crippen LogP contribution in [0.2, 0.25) is 0 Å². The van der Waals surface area contributed by atoms with Gasteiger partial charge in [-0.2, -0.15) is 0 Å². The van der Waals surface area contributed by atoms with E-state index in [9.17, 15) is 14.4 Å². The minimum Gasteiger partial charge on any atom is -0.480 e. The zero-order valence-electron chi connectivity index (χ0n) is 15.4. The van der Waals surface area contributed by atoms with Crippen molar-refractivity contribution in [2.24, 2.45) is 0 Å². The van der Waals surface area contributed by atoms with Crippen LogP contribution in [0.15, 0.2) is 0 Å². The second-order valence-corrected chi connectivity index (χ2v) is 6.44. The van der Waals surface area contributed by atoms with E-state index < -0.39 is 24.0 Å². The van der Waals surface area contributed by atoms with Crippen LogP contribution in [-0.2, 0) is 14.4 Å². The number of amides is 2. The maximum Gasteiger partial charge on any atom is 0.325 e. The smallest absolute Gasteiger partial charge is 0.325 e. The molecule has 3 N–H and O–H groups in total. The molecule has 2 unspecified atom stereocenters. The van der Waals surface area contributed by atoms with Gasteiger partial charge >= 0.3 is 5.97 Å². The molecule has 0 aliphatic heterocycles. The summed E-state index contributed by atoms with van der Waals surface area (Å²) in [6, 6.07) is -1.69. The number of nitrogens with one attached hydrogen (secondary N) is 2. The van der Waals surface area contributed by atoms with Crippen LogP contribution in [0.25, 0.3) is 0 Å². The lowest BCUT2D eigenvalue weighted by Gasteiger charge is -2.16. The Morgan fingerprint density at radius 2 is 1.29 bits per heavy atom. The highest BCUT2D eigenvalue weighted by Gasteiger charge is 2.20. The normalized spacial score (nSPS) is 13.1. The molecule has 0 heterocycles. The third-order valence-corrected chi connectivity index (χ3v) is 4.01. The molecule has 2 atom stereocenters. The highest BCUT2D eigenvalue weighted by Crippen LogP contribution is 2.10. The van der Waals surface area contributed by atoms with Crippen molar-refractivity contribution in [1.82, 2.24) is 10.6 Å². The van der Waals surface area contributed by atoms with Crippen molar-refractivity contribution in [3.8, 4) is 0 Å². The van der Waals surface area contributed by atoms with E-state index in [1.54, 1.807) is 6.92 Å². The van der Waals surface area contributed by atoms with E-state index in [0.717, 1.165) is 19.3 Å². The van der Waals surface area contributed by atoms with Crippen molar-refractivity contribution in [3.63, 3.8) is 0 Å². The number of unbranched alkanes of at least 4 members (excludes halogenated alkanes) is 8. The SMILES string of the molecule is CCCCCCCCCCCC(=O)NC(C)C(=O)NC(C)C(=O)O. The van der Waals surface area contributed by atoms with Crippen LogP contribution in [0.3, 0.4) is 0 Å². The summed E-state index contributed by atoms with van der Waals surface area (Å²) >= 11 is 0. The van der Waals surface area contributed by atoms with Crippen molar-refractivity contribution >= 4 is 17.8 Å². The second kappa shape index (κ2) is 13.8. The van der Waals surface area contributed by atoms with E-state index in [2.05, 4.69) is 17.6 Å². The van der Waals surface area contributed by atoms with Gasteiger partial charge < -0.3 is 15.7 Å². The van der Waals surface area contributed by atoms with Gasteiger partial charge in [0.05, 0.1) is 0 Å². The van der Waals surface area contributed by atoms with Crippen LogP contribution in [0, 0.1) is 0 Å². The first-order chi connectivity index (χ1) is 11.4. The molecule has 0 saturated carbocycles. The lowest BCUT2D eigenvalue weighted by molar-refractivity contribution is -0.141. The molecular formula is C18H34N2O4. The number of carboxylic acids is 1. The van der Waals surface area contributed by atoms with Gasteiger partial charge in [-0.05, 0) is 20.3 Å². The van der Waals surface area contributed by atoms with Gasteiger partial charge in [0.1, 0.15) is 12.1 Å². The summed E-state index contributed by atoms with van der Waals surface area (Å²) in [5.74, 6) is -1.74. The maximum absolute atomic E-state index is 11.8. The van der Waals surface area contributed by atoms with Crippen molar-refractivity contribution in [2.45, 2.75) is 97.1 Å². The first kappa shape index (κ1) is 22.4. The van der Waals surface area contributed by atoms with Crippen LogP contribution in [0.5, 0.6) is 0 Å². The topological polar surface area (TPSA) is 95.5 Å². The molecule has 0 bridgehead atoms. The first-order valence-corrected chi connectivity index (χ1v) is 9.21. The number of aliphatic carboxylic acids is 1. The van der Waals surface area contributed by atoms with E-state index in [1.165, 1.54) is 45.4 Å². The molecule has 0 aromatic heterocycles. The van der Waals surface area contributed by atoms with Crippen molar-refractivity contribution in [2.75, 3.05) is 0 Å². The quantitative estimate of drug-likeness (QED) is 0.423. The minimum absolute atomic E-state index is 0.163. The summed E-state index contributed by atoms with van der Waals surface area (Å²) in [6.45, 7) is 5.15. The Bertz CT molecular complexity index is 385. The Morgan fingerprint density at radius 1 is 0.792 bits per heavy atom. The number of hydrogen-bond acceptors (Lipinski definition) is 3. The van der Waals surface area contributed by atoms with Crippen LogP contribution < -0.4 is 10.6 Å². The van der Waals surface area contributed by atoms with Gasteiger partial charge in [-0.3, -0.25) is 14.4 Å². The molecule has 0 fully saturated rings. The van der Waals surface area contributed by atoms with Crippen molar-refractivity contribution in [1.29, 1.82) is 0 Å². The molecule has 0 aliphatic rings. The number of rotatable bonds is 14. The molecule has 0 rings (SSSR count). The van der Waals surface area contributed by atoms with E-state index >= 15 is 0 Å². The number of carboxylic acid groups (broad SMARTS) is 1. The van der Waals surface area contributed by atoms with Crippen molar-refractivity contribution in [3.05, 3.63) is 0 Å². The largest absolute Gasteiger partial charge is 0.480 e. The summed E-state index contributed by atoms with van der Waals surface area (Å²) in [7, 11) is 0. The second-order valence-electron chi connectivity index (χ2n) is 6.44. The Kier molecular flexibility index (Phi) is 12.9. The average molecular weight is 342 g/mol. The van der Waals surface area contributed by atoms with E-state index in [0.29, 0.717) is 6.42 Å². The molecule has 24 heavy (non-hydrogen) atoms. The fourth-order valence-corrected chi connectivity index (χ4v) is 2.38. The van der Waals surface area contributed by atoms with E-state index in [-0.39, 0.29) is 5.91 Å². The van der Waals surface area contributed by atoms with Gasteiger partial charge in [0.15, 0.2) is 0 Å². The van der Waals surface area contributed by atoms with Crippen molar-refractivity contribution < 1.29 is 19.5 Å². The Labute approximate surface area is 145 Å². The lowest BCUT2D eigenvalue weighted by Crippen LogP contribution is -2.49. The fraction of sp³-hybridized carbons (Fsp3) is 0.833. The lowest BCUT2D eigenvalue weighted by atomic mass is 10.1. The van der Waals surface area contributed by atoms with E-state index in [4.69, 9.17) is 5.11 Å². The van der Waals surface area contributed by atoms with Gasteiger partial charge in [-0.25, -0.2) is 0 Å². The predicted octanol–water partition coefficient (Wildman–Crippen LogP) is 3.00. The third-order valence-electron chi connectivity index (χ3n) is 4.01. The molecule has 0 aromatic carbocycles. The number of carbonyl (C=O) groups excluding carboxylic acids is 2. The zero-order chi connectivity index (χ0) is 18.4. The monoisotopic (exact) mass is 342 g/mol. The highest BCUT2D eigenvalue weighted by molar-refractivity contribution is 5.89. The van der Waals surface area contributed by atoms with Gasteiger partial charge in [-0.15, -0.1) is 0 Å². The molecule has 2 amide bonds. The molecule has 0 spiro atoms. The molecule has 6 heteroatoms. The predicted molar refractivity (Wildman–Crippen MR) is 94.7 cm³/mol. The Hall–Kier alpha value is -1.59. The molecule has 0 saturated heterocycles. The molecule has 6 nitrogen and oxygen atoms in total. The summed E-state index contributed by atoms with van der Waals surface area (Å²) < 4.78 is 0. The van der Waals surface area contributed by atoms with Gasteiger partial charge in [0, 0.05) is 6.42 Å². The fourth-order valence-electron chi connectivity index (χ4n) is 2.38. The summed E-state index contributed by atoms with van der Waals surface area (Å²) in [5.41, 5.74) is 0. The van der Waals surface area contributed by atoms with Crippen LogP contribution in [-0.4, -0.2) is 35.0 Å². The maximum atomic E-state index is 11.8. The average Bonchev–Trinajstić information content (AvgIpc) is 2.52. The van der Waals surface area contributed by atoms with Gasteiger partial charge in [-0.1, -0.05) is 58.3 Å². The first-order valence-electron chi connectivity index (χ1n) is 9.21. The van der Waals surface area contributed by atoms with Gasteiger partial charge in [0.25, 0.3) is 0 Å². The van der Waals surface area contributed by atoms with Gasteiger partial charge in [0.2, 0.25) is 11.8 Å². The minimum atomic E-state index is -1.10. The highest BCUT2D eigenvalue weighted by atomic mass is 16.4. The standard InChI is InChI=1S/C18H34N2O4/c1-4-5-6-7-8-9-10-11-12-13-16(21)19-14(2)17(22)20-15(3)18(23)24/h14-15H,4-13H2,1-3H3,(H,19,21)(H,20,22)(H,23,24). The van der Waals surface area contributed by atoms with E-state index in [1.807, 2.05) is 0 Å². The van der Waals surface area contributed by atoms with Crippen LogP contribution in [0.1, 0.15) is 85.0 Å². The number of hydrogen-bond donors (Lipinski definition) is 3. The summed E-state index contributed by atoms with van der Waals surface area (Å²) in [5, 5.41) is 13.7. The zero-order valence-corrected chi connectivity index (χ0v) is 15.4. The molecule has 140 valence electrons. The Morgan fingerprint density at radius 3 is 1.79 bits per heavy atom. The van der Waals surface area contributed by atoms with Crippen LogP contribution >= 0.6 is 0 Å². The van der Waals surface area contributed by atoms with Crippen LogP contribution in [0.4, 0.5) is 0 Å². The number of carbonyl (C=O) groups is 3.